The Morgan fingerprint density at radius 2 is 1.93 bits per heavy atom. The molecule has 0 aromatic heterocycles. The Labute approximate surface area is 189 Å². The molecule has 0 saturated carbocycles. The van der Waals surface area contributed by atoms with Crippen LogP contribution >= 0.6 is 22.6 Å². The minimum atomic E-state index is 0.0319. The predicted octanol–water partition coefficient (Wildman–Crippen LogP) is 8.45. The molecule has 2 aromatic rings. The van der Waals surface area contributed by atoms with E-state index in [0.717, 1.165) is 6.42 Å². The summed E-state index contributed by atoms with van der Waals surface area (Å²) in [4.78, 5) is 0. The highest BCUT2D eigenvalue weighted by atomic mass is 127. The number of allylic oxidation sites excluding steroid dienone is 6. The summed E-state index contributed by atoms with van der Waals surface area (Å²) in [6.07, 6.45) is 13.4. The third-order valence-corrected chi connectivity index (χ3v) is 8.13. The van der Waals surface area contributed by atoms with Gasteiger partial charge >= 0.3 is 0 Å². The van der Waals surface area contributed by atoms with Crippen molar-refractivity contribution in [1.82, 2.24) is 0 Å². The number of rotatable bonds is 4. The van der Waals surface area contributed by atoms with E-state index in [2.05, 4.69) is 111 Å². The van der Waals surface area contributed by atoms with E-state index in [-0.39, 0.29) is 8.84 Å². The van der Waals surface area contributed by atoms with E-state index in [4.69, 9.17) is 0 Å². The smallest absolute Gasteiger partial charge is 0.0439 e. The molecule has 2 aromatic carbocycles. The lowest BCUT2D eigenvalue weighted by Crippen LogP contribution is -2.24. The molecule has 1 atom stereocenters. The van der Waals surface area contributed by atoms with Gasteiger partial charge in [-0.05, 0) is 70.4 Å². The number of halogens is 1. The van der Waals surface area contributed by atoms with Gasteiger partial charge in [-0.15, -0.1) is 0 Å². The second kappa shape index (κ2) is 7.43. The van der Waals surface area contributed by atoms with Gasteiger partial charge in [-0.2, -0.15) is 0 Å². The number of benzene rings is 2. The molecule has 4 rings (SSSR count). The minimum Gasteiger partial charge on any atom is -0.0991 e. The third-order valence-electron chi connectivity index (χ3n) is 6.62. The number of hydrogen-bond donors (Lipinski definition) is 0. The van der Waals surface area contributed by atoms with Crippen LogP contribution in [0.2, 0.25) is 0 Å². The largest absolute Gasteiger partial charge is 0.0991 e. The molecular weight excluding hydrogens is 463 g/mol. The first-order valence-electron chi connectivity index (χ1n) is 10.5. The predicted molar refractivity (Wildman–Crippen MR) is 137 cm³/mol. The van der Waals surface area contributed by atoms with E-state index in [9.17, 15) is 0 Å². The van der Waals surface area contributed by atoms with Gasteiger partial charge in [0.25, 0.3) is 0 Å². The zero-order valence-electron chi connectivity index (χ0n) is 17.9. The van der Waals surface area contributed by atoms with Gasteiger partial charge in [0.1, 0.15) is 0 Å². The summed E-state index contributed by atoms with van der Waals surface area (Å²) < 4.78 is 0.248. The number of hydrogen-bond acceptors (Lipinski definition) is 0. The quantitative estimate of drug-likeness (QED) is 0.228. The zero-order valence-corrected chi connectivity index (χ0v) is 20.0. The Balaban J connectivity index is 1.87. The summed E-state index contributed by atoms with van der Waals surface area (Å²) >= 11 is 2.65. The molecule has 0 heterocycles. The highest BCUT2D eigenvalue weighted by molar-refractivity contribution is 14.1. The summed E-state index contributed by atoms with van der Waals surface area (Å²) in [6, 6.07) is 13.6. The lowest BCUT2D eigenvalue weighted by Gasteiger charge is -2.31. The van der Waals surface area contributed by atoms with Crippen molar-refractivity contribution in [3.05, 3.63) is 95.1 Å². The van der Waals surface area contributed by atoms with Crippen LogP contribution in [0.3, 0.4) is 0 Å². The molecule has 0 radical (unpaired) electrons. The lowest BCUT2D eigenvalue weighted by molar-refractivity contribution is 0.634. The van der Waals surface area contributed by atoms with Crippen molar-refractivity contribution >= 4 is 34.2 Å². The average Bonchev–Trinajstić information content (AvgIpc) is 2.93. The van der Waals surface area contributed by atoms with Crippen molar-refractivity contribution in [3.63, 3.8) is 0 Å². The van der Waals surface area contributed by atoms with Crippen LogP contribution in [0, 0.1) is 6.92 Å². The van der Waals surface area contributed by atoms with E-state index in [1.165, 1.54) is 50.9 Å². The Morgan fingerprint density at radius 1 is 1.14 bits per heavy atom. The van der Waals surface area contributed by atoms with Crippen LogP contribution in [0.4, 0.5) is 0 Å². The van der Waals surface area contributed by atoms with Crippen molar-refractivity contribution < 1.29 is 0 Å². The second-order valence-electron chi connectivity index (χ2n) is 8.78. The molecule has 0 spiro atoms. The molecule has 2 aliphatic carbocycles. The van der Waals surface area contributed by atoms with Crippen LogP contribution in [0.1, 0.15) is 55.9 Å². The molecule has 0 saturated heterocycles. The highest BCUT2D eigenvalue weighted by Gasteiger charge is 2.42. The van der Waals surface area contributed by atoms with Gasteiger partial charge in [-0.25, -0.2) is 0 Å². The van der Waals surface area contributed by atoms with Crippen LogP contribution in [0.25, 0.3) is 22.8 Å². The summed E-state index contributed by atoms with van der Waals surface area (Å²) in [5, 5.41) is 0. The Bertz CT molecular complexity index is 1080. The van der Waals surface area contributed by atoms with E-state index in [1.807, 2.05) is 12.2 Å². The molecule has 29 heavy (non-hydrogen) atoms. The van der Waals surface area contributed by atoms with E-state index in [1.54, 1.807) is 0 Å². The van der Waals surface area contributed by atoms with Crippen molar-refractivity contribution in [2.75, 3.05) is 0 Å². The first-order valence-corrected chi connectivity index (χ1v) is 11.6. The molecule has 0 amide bonds. The number of alkyl halides is 1. The van der Waals surface area contributed by atoms with E-state index >= 15 is 0 Å². The molecule has 0 nitrogen and oxygen atoms in total. The van der Waals surface area contributed by atoms with Crippen molar-refractivity contribution in [2.24, 2.45) is 0 Å². The summed E-state index contributed by atoms with van der Waals surface area (Å²) in [5.41, 5.74) is 11.0. The van der Waals surface area contributed by atoms with E-state index in [0.29, 0.717) is 0 Å². The van der Waals surface area contributed by atoms with Gasteiger partial charge in [0.2, 0.25) is 0 Å². The minimum absolute atomic E-state index is 0.0319. The van der Waals surface area contributed by atoms with Gasteiger partial charge in [0, 0.05) is 8.84 Å². The van der Waals surface area contributed by atoms with Gasteiger partial charge in [0.15, 0.2) is 0 Å². The molecule has 0 N–H and O–H groups in total. The fourth-order valence-corrected chi connectivity index (χ4v) is 5.25. The Morgan fingerprint density at radius 3 is 2.66 bits per heavy atom. The fourth-order valence-electron chi connectivity index (χ4n) is 4.72. The van der Waals surface area contributed by atoms with Gasteiger partial charge in [0.05, 0.1) is 0 Å². The molecule has 0 fully saturated rings. The van der Waals surface area contributed by atoms with Crippen LogP contribution in [0.5, 0.6) is 0 Å². The molecule has 148 valence electrons. The van der Waals surface area contributed by atoms with Crippen molar-refractivity contribution in [1.29, 1.82) is 0 Å². The average molecular weight is 492 g/mol. The topological polar surface area (TPSA) is 0 Å². The van der Waals surface area contributed by atoms with E-state index < -0.39 is 0 Å². The molecule has 2 aliphatic rings. The van der Waals surface area contributed by atoms with Crippen LogP contribution in [-0.4, -0.2) is 3.42 Å². The normalized spacial score (nSPS) is 22.1. The van der Waals surface area contributed by atoms with Gasteiger partial charge in [-0.3, -0.25) is 0 Å². The molecule has 0 aliphatic heterocycles. The highest BCUT2D eigenvalue weighted by Crippen LogP contribution is 2.54. The zero-order chi connectivity index (χ0) is 20.8. The molecule has 1 heteroatoms. The lowest BCUT2D eigenvalue weighted by atomic mass is 9.77. The molecule has 0 bridgehead atoms. The first-order chi connectivity index (χ1) is 13.8. The monoisotopic (exact) mass is 492 g/mol. The van der Waals surface area contributed by atoms with Crippen molar-refractivity contribution in [3.8, 4) is 11.1 Å². The van der Waals surface area contributed by atoms with Crippen LogP contribution in [-0.2, 0) is 5.41 Å². The maximum Gasteiger partial charge on any atom is 0.0439 e. The van der Waals surface area contributed by atoms with Gasteiger partial charge in [-0.1, -0.05) is 111 Å². The van der Waals surface area contributed by atoms with Crippen LogP contribution in [0.15, 0.2) is 72.9 Å². The number of aryl methyl sites for hydroxylation is 1. The summed E-state index contributed by atoms with van der Waals surface area (Å²) in [6.45, 7) is 13.1. The Hall–Kier alpha value is -1.87. The van der Waals surface area contributed by atoms with Gasteiger partial charge < -0.3 is 0 Å². The second-order valence-corrected chi connectivity index (χ2v) is 10.9. The van der Waals surface area contributed by atoms with Crippen molar-refractivity contribution in [2.45, 2.75) is 49.4 Å². The fraction of sp³-hybridized carbons (Fsp3) is 0.286. The maximum absolute atomic E-state index is 3.83. The standard InChI is InChI=1S/C28H29I/c1-6-8-11-21-19(3)10-9-12-22(21)20-13-14-23-24-15-16-28(29,7-2)18-26(24)27(4,5)25(23)17-20/h6,8-15,17-18H,1,7,16H2,2-5H3/b11-8-. The summed E-state index contributed by atoms with van der Waals surface area (Å²) in [5.74, 6) is 0. The Kier molecular flexibility index (Phi) is 5.23. The summed E-state index contributed by atoms with van der Waals surface area (Å²) in [7, 11) is 0. The first kappa shape index (κ1) is 20.4. The SMILES string of the molecule is C=C/C=C\c1c(C)cccc1-c1ccc2c(c1)C(C)(C)C1=CC(I)(CC)CC=C12. The molecular formula is C28H29I. The third kappa shape index (κ3) is 3.38. The maximum atomic E-state index is 3.83. The molecule has 1 unspecified atom stereocenters. The number of fused-ring (bicyclic) bond motifs is 3. The van der Waals surface area contributed by atoms with Crippen LogP contribution < -0.4 is 0 Å².